The van der Waals surface area contributed by atoms with Gasteiger partial charge in [-0.05, 0) is 23.8 Å². The Hall–Kier alpha value is -1.74. The van der Waals surface area contributed by atoms with Crippen LogP contribution in [0.3, 0.4) is 0 Å². The number of benzene rings is 1. The van der Waals surface area contributed by atoms with E-state index in [4.69, 9.17) is 5.73 Å². The van der Waals surface area contributed by atoms with Crippen molar-refractivity contribution in [2.24, 2.45) is 11.7 Å². The molecule has 3 nitrogen and oxygen atoms in total. The quantitative estimate of drug-likeness (QED) is 0.871. The molecule has 1 heterocycles. The molecule has 0 bridgehead atoms. The molecule has 1 aliphatic rings. The molecule has 3 heteroatoms. The number of hydrogen-bond acceptors (Lipinski definition) is 3. The van der Waals surface area contributed by atoms with E-state index in [1.807, 2.05) is 6.07 Å². The predicted molar refractivity (Wildman–Crippen MR) is 66.3 cm³/mol. The second-order valence-corrected chi connectivity index (χ2v) is 4.57. The van der Waals surface area contributed by atoms with Crippen molar-refractivity contribution < 1.29 is 0 Å². The molecule has 3 atom stereocenters. The first-order chi connectivity index (χ1) is 8.36. The van der Waals surface area contributed by atoms with Crippen molar-refractivity contribution in [1.29, 1.82) is 0 Å². The lowest BCUT2D eigenvalue weighted by Gasteiger charge is -2.09. The maximum atomic E-state index is 6.23. The Morgan fingerprint density at radius 3 is 2.71 bits per heavy atom. The van der Waals surface area contributed by atoms with Crippen LogP contribution in [0.5, 0.6) is 0 Å². The van der Waals surface area contributed by atoms with Gasteiger partial charge in [-0.2, -0.15) is 0 Å². The van der Waals surface area contributed by atoms with Gasteiger partial charge in [0.05, 0.1) is 11.7 Å². The minimum Gasteiger partial charge on any atom is -0.322 e. The molecule has 2 aromatic rings. The molecule has 0 saturated heterocycles. The van der Waals surface area contributed by atoms with E-state index in [1.165, 1.54) is 5.56 Å². The van der Waals surface area contributed by atoms with E-state index in [9.17, 15) is 0 Å². The topological polar surface area (TPSA) is 51.8 Å². The molecule has 0 radical (unpaired) electrons. The van der Waals surface area contributed by atoms with Gasteiger partial charge in [-0.1, -0.05) is 30.3 Å². The van der Waals surface area contributed by atoms with Crippen molar-refractivity contribution in [3.63, 3.8) is 0 Å². The van der Waals surface area contributed by atoms with Crippen LogP contribution in [0.2, 0.25) is 0 Å². The van der Waals surface area contributed by atoms with Gasteiger partial charge in [0.15, 0.2) is 0 Å². The number of rotatable bonds is 3. The van der Waals surface area contributed by atoms with E-state index in [0.717, 1.165) is 12.1 Å². The van der Waals surface area contributed by atoms with E-state index < -0.39 is 0 Å². The van der Waals surface area contributed by atoms with Crippen LogP contribution in [0.1, 0.15) is 29.6 Å². The fraction of sp³-hybridized carbons (Fsp3) is 0.286. The Labute approximate surface area is 101 Å². The monoisotopic (exact) mass is 225 g/mol. The lowest BCUT2D eigenvalue weighted by molar-refractivity contribution is 0.596. The number of aromatic nitrogens is 2. The minimum absolute atomic E-state index is 0.00825. The number of nitrogens with zero attached hydrogens (tertiary/aromatic N) is 2. The van der Waals surface area contributed by atoms with Crippen LogP contribution in [0.4, 0.5) is 0 Å². The van der Waals surface area contributed by atoms with Gasteiger partial charge in [0.1, 0.15) is 0 Å². The van der Waals surface area contributed by atoms with Crippen LogP contribution in [0, 0.1) is 5.92 Å². The molecule has 1 aromatic heterocycles. The Balaban J connectivity index is 1.73. The molecule has 3 unspecified atom stereocenters. The van der Waals surface area contributed by atoms with Crippen molar-refractivity contribution in [3.05, 3.63) is 60.2 Å². The lowest BCUT2D eigenvalue weighted by Crippen LogP contribution is -2.15. The van der Waals surface area contributed by atoms with Crippen molar-refractivity contribution in [2.45, 2.75) is 18.4 Å². The SMILES string of the molecule is NC(c1cnccn1)C1CC1c1ccccc1. The van der Waals surface area contributed by atoms with E-state index >= 15 is 0 Å². The van der Waals surface area contributed by atoms with Gasteiger partial charge >= 0.3 is 0 Å². The fourth-order valence-corrected chi connectivity index (χ4v) is 2.40. The summed E-state index contributed by atoms with van der Waals surface area (Å²) in [5, 5.41) is 0. The number of nitrogens with two attached hydrogens (primary N) is 1. The second kappa shape index (κ2) is 4.26. The van der Waals surface area contributed by atoms with Crippen molar-refractivity contribution in [3.8, 4) is 0 Å². The first-order valence-corrected chi connectivity index (χ1v) is 5.92. The molecular weight excluding hydrogens is 210 g/mol. The summed E-state index contributed by atoms with van der Waals surface area (Å²) in [7, 11) is 0. The molecule has 0 aliphatic heterocycles. The summed E-state index contributed by atoms with van der Waals surface area (Å²) in [5.41, 5.74) is 8.51. The Morgan fingerprint density at radius 2 is 2.00 bits per heavy atom. The molecular formula is C14H15N3. The molecule has 86 valence electrons. The van der Waals surface area contributed by atoms with Crippen molar-refractivity contribution >= 4 is 0 Å². The maximum Gasteiger partial charge on any atom is 0.0756 e. The molecule has 0 spiro atoms. The van der Waals surface area contributed by atoms with Gasteiger partial charge in [0.2, 0.25) is 0 Å². The summed E-state index contributed by atoms with van der Waals surface area (Å²) in [6, 6.07) is 10.6. The zero-order chi connectivity index (χ0) is 11.7. The largest absolute Gasteiger partial charge is 0.322 e. The van der Waals surface area contributed by atoms with E-state index in [2.05, 4.69) is 34.2 Å². The second-order valence-electron chi connectivity index (χ2n) is 4.57. The smallest absolute Gasteiger partial charge is 0.0756 e. The molecule has 1 saturated carbocycles. The third kappa shape index (κ3) is 2.06. The third-order valence-corrected chi connectivity index (χ3v) is 3.45. The Morgan fingerprint density at radius 1 is 1.18 bits per heavy atom. The van der Waals surface area contributed by atoms with Gasteiger partial charge in [0, 0.05) is 18.6 Å². The van der Waals surface area contributed by atoms with Gasteiger partial charge in [-0.15, -0.1) is 0 Å². The summed E-state index contributed by atoms with van der Waals surface area (Å²) < 4.78 is 0. The average molecular weight is 225 g/mol. The van der Waals surface area contributed by atoms with Crippen molar-refractivity contribution in [1.82, 2.24) is 9.97 Å². The molecule has 17 heavy (non-hydrogen) atoms. The van der Waals surface area contributed by atoms with Crippen LogP contribution in [-0.4, -0.2) is 9.97 Å². The molecule has 2 N–H and O–H groups in total. The highest BCUT2D eigenvalue weighted by atomic mass is 14.8. The summed E-state index contributed by atoms with van der Waals surface area (Å²) in [6.07, 6.45) is 6.31. The van der Waals surface area contributed by atoms with Crippen LogP contribution < -0.4 is 5.73 Å². The molecule has 0 amide bonds. The van der Waals surface area contributed by atoms with Crippen molar-refractivity contribution in [2.75, 3.05) is 0 Å². The zero-order valence-corrected chi connectivity index (χ0v) is 9.53. The molecule has 3 rings (SSSR count). The summed E-state index contributed by atoms with van der Waals surface area (Å²) >= 11 is 0. The maximum absolute atomic E-state index is 6.23. The minimum atomic E-state index is 0.00825. The highest BCUT2D eigenvalue weighted by Crippen LogP contribution is 2.52. The molecule has 1 aliphatic carbocycles. The highest BCUT2D eigenvalue weighted by molar-refractivity contribution is 5.27. The lowest BCUT2D eigenvalue weighted by atomic mass is 10.0. The van der Waals surface area contributed by atoms with Gasteiger partial charge in [-0.25, -0.2) is 0 Å². The fourth-order valence-electron chi connectivity index (χ4n) is 2.40. The van der Waals surface area contributed by atoms with Crippen LogP contribution >= 0.6 is 0 Å². The van der Waals surface area contributed by atoms with E-state index in [-0.39, 0.29) is 6.04 Å². The van der Waals surface area contributed by atoms with Crippen LogP contribution in [0.25, 0.3) is 0 Å². The average Bonchev–Trinajstić information content (AvgIpc) is 3.20. The molecule has 1 fully saturated rings. The van der Waals surface area contributed by atoms with E-state index in [0.29, 0.717) is 11.8 Å². The van der Waals surface area contributed by atoms with Gasteiger partial charge in [-0.3, -0.25) is 9.97 Å². The summed E-state index contributed by atoms with van der Waals surface area (Å²) in [5.74, 6) is 1.10. The molecule has 1 aromatic carbocycles. The first-order valence-electron chi connectivity index (χ1n) is 5.92. The first kappa shape index (κ1) is 10.4. The number of hydrogen-bond donors (Lipinski definition) is 1. The van der Waals surface area contributed by atoms with Crippen LogP contribution in [0.15, 0.2) is 48.9 Å². The normalized spacial score (nSPS) is 24.3. The summed E-state index contributed by atoms with van der Waals surface area (Å²) in [4.78, 5) is 8.35. The van der Waals surface area contributed by atoms with Gasteiger partial charge < -0.3 is 5.73 Å². The standard InChI is InChI=1S/C14H15N3/c15-14(13-9-16-6-7-17-13)12-8-11(12)10-4-2-1-3-5-10/h1-7,9,11-12,14H,8,15H2. The Bertz CT molecular complexity index is 483. The Kier molecular flexibility index (Phi) is 2.61. The third-order valence-electron chi connectivity index (χ3n) is 3.45. The van der Waals surface area contributed by atoms with Gasteiger partial charge in [0.25, 0.3) is 0 Å². The highest BCUT2D eigenvalue weighted by Gasteiger charge is 2.43. The zero-order valence-electron chi connectivity index (χ0n) is 9.53. The summed E-state index contributed by atoms with van der Waals surface area (Å²) in [6.45, 7) is 0. The van der Waals surface area contributed by atoms with E-state index in [1.54, 1.807) is 18.6 Å². The van der Waals surface area contributed by atoms with Crippen LogP contribution in [-0.2, 0) is 0 Å². The predicted octanol–water partition coefficient (Wildman–Crippen LogP) is 2.28.